The SMILES string of the molecule is O=C1C(Cl)=C(Cl)c2c(Cl)cccc2C1Cl. The molecule has 5 heteroatoms. The number of hydrogen-bond donors (Lipinski definition) is 0. The number of halogens is 4. The zero-order valence-corrected chi connectivity index (χ0v) is 10.3. The van der Waals surface area contributed by atoms with Crippen LogP contribution in [0.25, 0.3) is 5.03 Å². The normalized spacial score (nSPS) is 20.5. The van der Waals surface area contributed by atoms with Gasteiger partial charge in [-0.15, -0.1) is 11.6 Å². The summed E-state index contributed by atoms with van der Waals surface area (Å²) in [6.07, 6.45) is 0. The Bertz CT molecular complexity index is 478. The number of fused-ring (bicyclic) bond motifs is 1. The van der Waals surface area contributed by atoms with Crippen molar-refractivity contribution in [2.24, 2.45) is 0 Å². The van der Waals surface area contributed by atoms with Crippen LogP contribution in [-0.4, -0.2) is 5.78 Å². The molecule has 0 heterocycles. The van der Waals surface area contributed by atoms with E-state index in [1.54, 1.807) is 18.2 Å². The van der Waals surface area contributed by atoms with Gasteiger partial charge in [0.2, 0.25) is 0 Å². The molecule has 1 nitrogen and oxygen atoms in total. The maximum Gasteiger partial charge on any atom is 0.198 e. The fourth-order valence-electron chi connectivity index (χ4n) is 1.45. The van der Waals surface area contributed by atoms with Gasteiger partial charge in [0, 0.05) is 10.6 Å². The molecule has 0 saturated carbocycles. The molecule has 1 unspecified atom stereocenters. The predicted octanol–water partition coefficient (Wildman–Crippen LogP) is 4.35. The Morgan fingerprint density at radius 3 is 2.40 bits per heavy atom. The molecule has 0 aromatic heterocycles. The minimum Gasteiger partial charge on any atom is -0.291 e. The van der Waals surface area contributed by atoms with E-state index in [4.69, 9.17) is 46.4 Å². The minimum atomic E-state index is -0.811. The zero-order valence-electron chi connectivity index (χ0n) is 7.23. The third kappa shape index (κ3) is 1.68. The van der Waals surface area contributed by atoms with Gasteiger partial charge < -0.3 is 0 Å². The van der Waals surface area contributed by atoms with Crippen LogP contribution in [0, 0.1) is 0 Å². The Hall–Kier alpha value is -0.210. The van der Waals surface area contributed by atoms with Crippen LogP contribution in [0.2, 0.25) is 5.02 Å². The van der Waals surface area contributed by atoms with E-state index in [9.17, 15) is 4.79 Å². The first-order valence-electron chi connectivity index (χ1n) is 4.06. The highest BCUT2D eigenvalue weighted by Gasteiger charge is 2.32. The molecule has 0 fully saturated rings. The summed E-state index contributed by atoms with van der Waals surface area (Å²) in [6, 6.07) is 5.10. The Kier molecular flexibility index (Phi) is 3.00. The number of allylic oxidation sites excluding steroid dienone is 1. The average Bonchev–Trinajstić information content (AvgIpc) is 2.23. The molecule has 1 aliphatic rings. The first-order chi connectivity index (χ1) is 7.04. The van der Waals surface area contributed by atoms with Crippen LogP contribution in [0.4, 0.5) is 0 Å². The molecule has 0 saturated heterocycles. The predicted molar refractivity (Wildman–Crippen MR) is 63.7 cm³/mol. The van der Waals surface area contributed by atoms with Gasteiger partial charge in [-0.25, -0.2) is 0 Å². The zero-order chi connectivity index (χ0) is 11.2. The second kappa shape index (κ2) is 3.99. The summed E-state index contributed by atoms with van der Waals surface area (Å²) in [5, 5.41) is -0.265. The van der Waals surface area contributed by atoms with Crippen molar-refractivity contribution in [3.05, 3.63) is 39.4 Å². The first kappa shape index (κ1) is 11.3. The van der Waals surface area contributed by atoms with E-state index in [1.807, 2.05) is 0 Å². The third-order valence-electron chi connectivity index (χ3n) is 2.18. The van der Waals surface area contributed by atoms with Crippen molar-refractivity contribution in [3.63, 3.8) is 0 Å². The van der Waals surface area contributed by atoms with E-state index >= 15 is 0 Å². The summed E-state index contributed by atoms with van der Waals surface area (Å²) in [6.45, 7) is 0. The average molecular weight is 282 g/mol. The van der Waals surface area contributed by atoms with E-state index < -0.39 is 11.2 Å². The maximum atomic E-state index is 11.6. The molecule has 0 spiro atoms. The number of rotatable bonds is 0. The van der Waals surface area contributed by atoms with Gasteiger partial charge in [-0.05, 0) is 11.6 Å². The minimum absolute atomic E-state index is 0.0581. The second-order valence-electron chi connectivity index (χ2n) is 3.06. The number of Topliss-reactive ketones (excluding diaryl/α,β-unsaturated/α-hetero) is 1. The standard InChI is InChI=1S/C10H4Cl4O/c11-5-3-1-2-4-6(5)8(13)9(14)10(15)7(4)12/h1-3,7H. The lowest BCUT2D eigenvalue weighted by atomic mass is 9.96. The van der Waals surface area contributed by atoms with E-state index in [0.717, 1.165) is 0 Å². The van der Waals surface area contributed by atoms with Crippen molar-refractivity contribution >= 4 is 57.2 Å². The van der Waals surface area contributed by atoms with Crippen LogP contribution in [0.1, 0.15) is 16.5 Å². The smallest absolute Gasteiger partial charge is 0.198 e. The highest BCUT2D eigenvalue weighted by atomic mass is 35.5. The summed E-state index contributed by atoms with van der Waals surface area (Å²) in [5.74, 6) is -0.391. The number of benzene rings is 1. The molecule has 1 aliphatic carbocycles. The van der Waals surface area contributed by atoms with Crippen molar-refractivity contribution in [1.29, 1.82) is 0 Å². The van der Waals surface area contributed by atoms with Crippen LogP contribution in [0.5, 0.6) is 0 Å². The molecule has 15 heavy (non-hydrogen) atoms. The Labute approximate surface area is 107 Å². The molecule has 2 rings (SSSR count). The van der Waals surface area contributed by atoms with Gasteiger partial charge in [-0.1, -0.05) is 46.9 Å². The molecule has 0 aliphatic heterocycles. The topological polar surface area (TPSA) is 17.1 Å². The van der Waals surface area contributed by atoms with E-state index in [-0.39, 0.29) is 10.1 Å². The molecular weight excluding hydrogens is 278 g/mol. The molecule has 0 amide bonds. The molecule has 1 atom stereocenters. The largest absolute Gasteiger partial charge is 0.291 e. The van der Waals surface area contributed by atoms with Crippen molar-refractivity contribution < 1.29 is 4.79 Å². The molecule has 1 aromatic rings. The fraction of sp³-hybridized carbons (Fsp3) is 0.100. The van der Waals surface area contributed by atoms with Gasteiger partial charge >= 0.3 is 0 Å². The van der Waals surface area contributed by atoms with Gasteiger partial charge in [0.15, 0.2) is 5.78 Å². The van der Waals surface area contributed by atoms with Crippen LogP contribution >= 0.6 is 46.4 Å². The number of carbonyl (C=O) groups is 1. The van der Waals surface area contributed by atoms with E-state index in [1.165, 1.54) is 0 Å². The molecule has 0 N–H and O–H groups in total. The molecule has 0 radical (unpaired) electrons. The maximum absolute atomic E-state index is 11.6. The number of ketones is 1. The fourth-order valence-corrected chi connectivity index (χ4v) is 2.63. The van der Waals surface area contributed by atoms with Crippen LogP contribution in [0.3, 0.4) is 0 Å². The van der Waals surface area contributed by atoms with E-state index in [2.05, 4.69) is 0 Å². The Balaban J connectivity index is 2.78. The van der Waals surface area contributed by atoms with Gasteiger partial charge in [0.25, 0.3) is 0 Å². The molecule has 1 aromatic carbocycles. The molecular formula is C10H4Cl4O. The van der Waals surface area contributed by atoms with Crippen molar-refractivity contribution in [2.45, 2.75) is 5.38 Å². The lowest BCUT2D eigenvalue weighted by Crippen LogP contribution is -2.14. The van der Waals surface area contributed by atoms with Crippen molar-refractivity contribution in [3.8, 4) is 0 Å². The quantitative estimate of drug-likeness (QED) is 0.646. The first-order valence-corrected chi connectivity index (χ1v) is 5.63. The number of hydrogen-bond acceptors (Lipinski definition) is 1. The summed E-state index contributed by atoms with van der Waals surface area (Å²) in [7, 11) is 0. The van der Waals surface area contributed by atoms with Crippen LogP contribution < -0.4 is 0 Å². The second-order valence-corrected chi connectivity index (χ2v) is 4.66. The monoisotopic (exact) mass is 280 g/mol. The van der Waals surface area contributed by atoms with Gasteiger partial charge in [-0.3, -0.25) is 4.79 Å². The molecule has 0 bridgehead atoms. The van der Waals surface area contributed by atoms with Crippen molar-refractivity contribution in [1.82, 2.24) is 0 Å². The molecule has 78 valence electrons. The highest BCUT2D eigenvalue weighted by Crippen LogP contribution is 2.44. The number of alkyl halides is 1. The Morgan fingerprint density at radius 1 is 1.07 bits per heavy atom. The summed E-state index contributed by atoms with van der Waals surface area (Å²) < 4.78 is 0. The lowest BCUT2D eigenvalue weighted by Gasteiger charge is -2.20. The van der Waals surface area contributed by atoms with Crippen molar-refractivity contribution in [2.75, 3.05) is 0 Å². The third-order valence-corrected chi connectivity index (χ3v) is 3.78. The summed E-state index contributed by atoms with van der Waals surface area (Å²) in [5.41, 5.74) is 1.15. The summed E-state index contributed by atoms with van der Waals surface area (Å²) >= 11 is 23.6. The van der Waals surface area contributed by atoms with Crippen LogP contribution in [0.15, 0.2) is 23.2 Å². The van der Waals surface area contributed by atoms with Gasteiger partial charge in [0.1, 0.15) is 10.4 Å². The van der Waals surface area contributed by atoms with Gasteiger partial charge in [-0.2, -0.15) is 0 Å². The Morgan fingerprint density at radius 2 is 1.73 bits per heavy atom. The van der Waals surface area contributed by atoms with Gasteiger partial charge in [0.05, 0.1) is 5.03 Å². The highest BCUT2D eigenvalue weighted by molar-refractivity contribution is 6.63. The summed E-state index contributed by atoms with van der Waals surface area (Å²) in [4.78, 5) is 11.6. The number of carbonyl (C=O) groups excluding carboxylic acids is 1. The van der Waals surface area contributed by atoms with Crippen LogP contribution in [-0.2, 0) is 4.79 Å². The van der Waals surface area contributed by atoms with E-state index in [0.29, 0.717) is 16.1 Å². The lowest BCUT2D eigenvalue weighted by molar-refractivity contribution is -0.114.